The number of methoxy groups -OCH3 is 1. The largest absolute Gasteiger partial charge is 0.496 e. The van der Waals surface area contributed by atoms with Crippen LogP contribution in [0.15, 0.2) is 36.5 Å². The maximum absolute atomic E-state index is 14.7. The van der Waals surface area contributed by atoms with Crippen molar-refractivity contribution in [2.75, 3.05) is 13.7 Å². The zero-order chi connectivity index (χ0) is 40.1. The van der Waals surface area contributed by atoms with Crippen molar-refractivity contribution in [3.05, 3.63) is 42.4 Å². The van der Waals surface area contributed by atoms with Gasteiger partial charge in [0.15, 0.2) is 0 Å². The molecule has 3 fully saturated rings. The van der Waals surface area contributed by atoms with E-state index < -0.39 is 79.6 Å². The molecule has 2 saturated carbocycles. The molecule has 7 unspecified atom stereocenters. The molecule has 4 aliphatic rings. The molecule has 3 N–H and O–H groups in total. The Morgan fingerprint density at radius 1 is 1.11 bits per heavy atom. The zero-order valence-electron chi connectivity index (χ0n) is 32.4. The fraction of sp³-hybridized carbons (Fsp3) is 0.615. The Balaban J connectivity index is 1.36. The number of ether oxygens (including phenoxy) is 3. The molecule has 4 amide bonds. The molecule has 1 aromatic heterocycles. The molecule has 0 radical (unpaired) electrons. The SMILES string of the molecule is COc1cc(F)cc2c(OC3CC4C(=O)NC5(C(=O)NS(=O)(=O)C6(C)CC6)CC5C=CCCC(C)CC(C)C(NC(=O)OC(C)(C)C)C(=O)N4C3)nccc12. The lowest BCUT2D eigenvalue weighted by Crippen LogP contribution is -2.59. The van der Waals surface area contributed by atoms with Gasteiger partial charge >= 0.3 is 6.09 Å². The summed E-state index contributed by atoms with van der Waals surface area (Å²) in [5.74, 6) is -3.08. The number of allylic oxidation sites excluding steroid dienone is 1. The summed E-state index contributed by atoms with van der Waals surface area (Å²) in [5, 5.41) is 6.49. The van der Waals surface area contributed by atoms with Crippen molar-refractivity contribution in [1.29, 1.82) is 0 Å². The maximum atomic E-state index is 14.7. The van der Waals surface area contributed by atoms with E-state index in [9.17, 15) is 32.0 Å². The summed E-state index contributed by atoms with van der Waals surface area (Å²) in [6.45, 7) is 10.5. The van der Waals surface area contributed by atoms with Gasteiger partial charge in [0.2, 0.25) is 27.7 Å². The number of carbonyl (C=O) groups is 4. The number of benzene rings is 1. The topological polar surface area (TPSA) is 182 Å². The quantitative estimate of drug-likeness (QED) is 0.338. The Hall–Kier alpha value is -4.47. The maximum Gasteiger partial charge on any atom is 0.408 e. The molecular weight excluding hydrogens is 734 g/mol. The van der Waals surface area contributed by atoms with E-state index in [1.165, 1.54) is 30.3 Å². The highest BCUT2D eigenvalue weighted by Crippen LogP contribution is 2.47. The number of sulfonamides is 1. The molecule has 55 heavy (non-hydrogen) atoms. The van der Waals surface area contributed by atoms with Gasteiger partial charge in [-0.1, -0.05) is 26.0 Å². The van der Waals surface area contributed by atoms with Gasteiger partial charge < -0.3 is 29.7 Å². The standard InChI is InChI=1S/C39H52FN5O9S/c1-22-10-8-9-11-24-20-39(24,35(48)44-55(50,51)38(6)13-14-38)43-32(46)29-19-26(53-33-28-17-25(40)18-30(52-7)27(28)12-15-41-33)21-45(29)34(47)31(23(2)16-22)42-36(49)54-37(3,4)5/h9,11-12,15,17-18,22-24,26,29,31H,8,10,13-14,16,19-21H2,1-7H3,(H,42,49)(H,43,46)(H,44,48). The molecule has 3 heterocycles. The van der Waals surface area contributed by atoms with Crippen LogP contribution in [0.4, 0.5) is 9.18 Å². The Morgan fingerprint density at radius 2 is 1.84 bits per heavy atom. The molecule has 2 aliphatic heterocycles. The fourth-order valence-corrected chi connectivity index (χ4v) is 8.96. The van der Waals surface area contributed by atoms with E-state index >= 15 is 0 Å². The van der Waals surface area contributed by atoms with E-state index in [1.54, 1.807) is 33.8 Å². The summed E-state index contributed by atoms with van der Waals surface area (Å²) < 4.78 is 59.5. The van der Waals surface area contributed by atoms with Gasteiger partial charge in [-0.25, -0.2) is 22.6 Å². The van der Waals surface area contributed by atoms with Crippen LogP contribution < -0.4 is 24.8 Å². The second-order valence-corrected chi connectivity index (χ2v) is 19.1. The van der Waals surface area contributed by atoms with Crippen molar-refractivity contribution in [2.24, 2.45) is 17.8 Å². The number of halogens is 1. The molecular formula is C39H52FN5O9S. The lowest BCUT2D eigenvalue weighted by atomic mass is 9.88. The van der Waals surface area contributed by atoms with Crippen LogP contribution in [0.2, 0.25) is 0 Å². The second kappa shape index (κ2) is 14.9. The summed E-state index contributed by atoms with van der Waals surface area (Å²) in [5.41, 5.74) is -2.42. The highest BCUT2D eigenvalue weighted by Gasteiger charge is 2.63. The van der Waals surface area contributed by atoms with Gasteiger partial charge in [-0.3, -0.25) is 19.1 Å². The third-order valence-electron chi connectivity index (χ3n) is 11.2. The molecule has 1 aromatic carbocycles. The highest BCUT2D eigenvalue weighted by molar-refractivity contribution is 7.91. The lowest BCUT2D eigenvalue weighted by molar-refractivity contribution is -0.142. The third kappa shape index (κ3) is 8.53. The first-order valence-electron chi connectivity index (χ1n) is 18.9. The summed E-state index contributed by atoms with van der Waals surface area (Å²) in [6, 6.07) is 1.85. The minimum absolute atomic E-state index is 0.0550. The second-order valence-electron chi connectivity index (χ2n) is 16.9. The van der Waals surface area contributed by atoms with Crippen molar-refractivity contribution in [2.45, 2.75) is 121 Å². The summed E-state index contributed by atoms with van der Waals surface area (Å²) in [7, 11) is -2.61. The number of amides is 4. The van der Waals surface area contributed by atoms with E-state index in [0.29, 0.717) is 36.5 Å². The number of carbonyl (C=O) groups excluding carboxylic acids is 4. The lowest BCUT2D eigenvalue weighted by Gasteiger charge is -2.33. The zero-order valence-corrected chi connectivity index (χ0v) is 33.3. The van der Waals surface area contributed by atoms with Crippen LogP contribution in [-0.4, -0.2) is 89.8 Å². The summed E-state index contributed by atoms with van der Waals surface area (Å²) in [6.07, 6.45) is 6.52. The van der Waals surface area contributed by atoms with Crippen LogP contribution in [-0.2, 0) is 29.1 Å². The van der Waals surface area contributed by atoms with E-state index in [0.717, 1.165) is 6.42 Å². The Labute approximate surface area is 321 Å². The van der Waals surface area contributed by atoms with Crippen molar-refractivity contribution in [3.63, 3.8) is 0 Å². The van der Waals surface area contributed by atoms with Gasteiger partial charge in [-0.05, 0) is 90.2 Å². The number of nitrogens with zero attached hydrogens (tertiary/aromatic N) is 2. The normalized spacial score (nSPS) is 29.5. The first kappa shape index (κ1) is 40.2. The molecule has 2 aromatic rings. The van der Waals surface area contributed by atoms with Crippen molar-refractivity contribution >= 4 is 44.6 Å². The van der Waals surface area contributed by atoms with Gasteiger partial charge in [-0.15, -0.1) is 0 Å². The number of alkyl carbamates (subject to hydrolysis) is 1. The Morgan fingerprint density at radius 3 is 2.51 bits per heavy atom. The van der Waals surface area contributed by atoms with E-state index in [1.807, 2.05) is 19.1 Å². The van der Waals surface area contributed by atoms with Crippen molar-refractivity contribution in [1.82, 2.24) is 25.2 Å². The van der Waals surface area contributed by atoms with Crippen LogP contribution in [0.1, 0.15) is 86.5 Å². The van der Waals surface area contributed by atoms with Gasteiger partial charge in [0, 0.05) is 30.0 Å². The number of fused-ring (bicyclic) bond motifs is 3. The molecule has 300 valence electrons. The summed E-state index contributed by atoms with van der Waals surface area (Å²) in [4.78, 5) is 62.0. The minimum Gasteiger partial charge on any atom is -0.496 e. The van der Waals surface area contributed by atoms with Crippen LogP contribution in [0, 0.1) is 23.6 Å². The smallest absolute Gasteiger partial charge is 0.408 e. The Bertz CT molecular complexity index is 2000. The first-order valence-corrected chi connectivity index (χ1v) is 20.4. The summed E-state index contributed by atoms with van der Waals surface area (Å²) >= 11 is 0. The van der Waals surface area contributed by atoms with E-state index in [-0.39, 0.29) is 42.9 Å². The number of aromatic nitrogens is 1. The van der Waals surface area contributed by atoms with Crippen LogP contribution in [0.25, 0.3) is 10.8 Å². The minimum atomic E-state index is -4.03. The molecule has 7 atom stereocenters. The number of hydrogen-bond donors (Lipinski definition) is 3. The van der Waals surface area contributed by atoms with E-state index in [4.69, 9.17) is 14.2 Å². The predicted octanol–water partition coefficient (Wildman–Crippen LogP) is 4.51. The molecule has 14 nitrogen and oxygen atoms in total. The van der Waals surface area contributed by atoms with E-state index in [2.05, 4.69) is 27.3 Å². The van der Waals surface area contributed by atoms with Crippen molar-refractivity contribution in [3.8, 4) is 11.6 Å². The fourth-order valence-electron chi connectivity index (χ4n) is 7.64. The Kier molecular flexibility index (Phi) is 10.9. The third-order valence-corrected chi connectivity index (χ3v) is 13.3. The van der Waals surface area contributed by atoms with Crippen LogP contribution in [0.5, 0.6) is 11.6 Å². The first-order chi connectivity index (χ1) is 25.8. The average Bonchev–Trinajstić information content (AvgIpc) is 3.97. The number of pyridine rings is 1. The number of rotatable bonds is 7. The number of nitrogens with one attached hydrogen (secondary N) is 3. The van der Waals surface area contributed by atoms with Gasteiger partial charge in [0.05, 0.1) is 23.8 Å². The van der Waals surface area contributed by atoms with Gasteiger partial charge in [0.1, 0.15) is 40.9 Å². The van der Waals surface area contributed by atoms with Crippen LogP contribution in [0.3, 0.4) is 0 Å². The molecule has 1 saturated heterocycles. The molecule has 0 bridgehead atoms. The molecule has 2 aliphatic carbocycles. The molecule has 16 heteroatoms. The molecule has 0 spiro atoms. The average molecular weight is 786 g/mol. The van der Waals surface area contributed by atoms with Crippen LogP contribution >= 0.6 is 0 Å². The van der Waals surface area contributed by atoms with Crippen molar-refractivity contribution < 1.29 is 46.2 Å². The molecule has 6 rings (SSSR count). The monoisotopic (exact) mass is 785 g/mol. The van der Waals surface area contributed by atoms with Gasteiger partial charge in [0.25, 0.3) is 5.91 Å². The highest BCUT2D eigenvalue weighted by atomic mass is 32.2. The van der Waals surface area contributed by atoms with Gasteiger partial charge in [-0.2, -0.15) is 0 Å². The predicted molar refractivity (Wildman–Crippen MR) is 201 cm³/mol. The number of hydrogen-bond acceptors (Lipinski definition) is 10.